The molecule has 5 nitrogen and oxygen atoms in total. The number of ketones is 1. The molecule has 2 aromatic heterocycles. The van der Waals surface area contributed by atoms with Gasteiger partial charge in [-0.15, -0.1) is 22.7 Å². The van der Waals surface area contributed by atoms with Crippen LogP contribution in [0, 0.1) is 0 Å². The van der Waals surface area contributed by atoms with Gasteiger partial charge in [-0.25, -0.2) is 0 Å². The molecule has 0 radical (unpaired) electrons. The summed E-state index contributed by atoms with van der Waals surface area (Å²) < 4.78 is 0. The van der Waals surface area contributed by atoms with Crippen LogP contribution in [-0.4, -0.2) is 17.6 Å². The van der Waals surface area contributed by atoms with E-state index in [1.807, 2.05) is 11.4 Å². The van der Waals surface area contributed by atoms with Gasteiger partial charge in [0.2, 0.25) is 5.78 Å². The smallest absolute Gasteiger partial charge is 0.313 e. The number of carbonyl (C=O) groups excluding carboxylic acids is 3. The molecule has 0 fully saturated rings. The number of hydrogen-bond acceptors (Lipinski definition) is 5. The van der Waals surface area contributed by atoms with Crippen molar-refractivity contribution in [1.29, 1.82) is 0 Å². The molecule has 3 rings (SSSR count). The van der Waals surface area contributed by atoms with Crippen molar-refractivity contribution < 1.29 is 14.4 Å². The lowest BCUT2D eigenvalue weighted by molar-refractivity contribution is -0.136. The second-order valence-corrected chi connectivity index (χ2v) is 7.71. The van der Waals surface area contributed by atoms with Gasteiger partial charge in [0.15, 0.2) is 0 Å². The van der Waals surface area contributed by atoms with Crippen LogP contribution in [0.3, 0.4) is 0 Å². The van der Waals surface area contributed by atoms with Crippen LogP contribution in [0.4, 0.5) is 5.69 Å². The molecule has 3 aromatic rings. The van der Waals surface area contributed by atoms with Gasteiger partial charge in [0, 0.05) is 4.88 Å². The molecule has 0 bridgehead atoms. The number of amides is 2. The summed E-state index contributed by atoms with van der Waals surface area (Å²) in [6, 6.07) is 13.7. The maximum absolute atomic E-state index is 12.3. The number of thiophene rings is 2. The lowest BCUT2D eigenvalue weighted by Gasteiger charge is -2.07. The molecule has 0 saturated heterocycles. The summed E-state index contributed by atoms with van der Waals surface area (Å²) >= 11 is 8.62. The number of rotatable bonds is 5. The highest BCUT2D eigenvalue weighted by atomic mass is 35.5. The number of anilines is 1. The van der Waals surface area contributed by atoms with Crippen LogP contribution < -0.4 is 10.6 Å². The van der Waals surface area contributed by atoms with Gasteiger partial charge in [-0.05, 0) is 35.7 Å². The van der Waals surface area contributed by atoms with E-state index in [4.69, 9.17) is 11.6 Å². The largest absolute Gasteiger partial charge is 0.343 e. The predicted octanol–water partition coefficient (Wildman–Crippen LogP) is 3.95. The molecule has 1 aromatic carbocycles. The van der Waals surface area contributed by atoms with Crippen molar-refractivity contribution in [3.05, 3.63) is 73.6 Å². The van der Waals surface area contributed by atoms with Crippen LogP contribution in [0.1, 0.15) is 19.4 Å². The molecule has 2 heterocycles. The van der Waals surface area contributed by atoms with E-state index in [-0.39, 0.29) is 12.3 Å². The van der Waals surface area contributed by atoms with Crippen molar-refractivity contribution in [1.82, 2.24) is 5.32 Å². The fraction of sp³-hybridized carbons (Fsp3) is 0.0556. The summed E-state index contributed by atoms with van der Waals surface area (Å²) in [4.78, 5) is 38.2. The average Bonchev–Trinajstić information content (AvgIpc) is 3.33. The minimum Gasteiger partial charge on any atom is -0.343 e. The third-order valence-electron chi connectivity index (χ3n) is 3.38. The highest BCUT2D eigenvalue weighted by Crippen LogP contribution is 2.22. The van der Waals surface area contributed by atoms with E-state index < -0.39 is 11.8 Å². The van der Waals surface area contributed by atoms with E-state index in [1.54, 1.807) is 42.5 Å². The van der Waals surface area contributed by atoms with E-state index in [0.29, 0.717) is 20.5 Å². The van der Waals surface area contributed by atoms with Gasteiger partial charge in [0.1, 0.15) is 0 Å². The van der Waals surface area contributed by atoms with Crippen molar-refractivity contribution in [2.24, 2.45) is 0 Å². The Balaban J connectivity index is 1.55. The summed E-state index contributed by atoms with van der Waals surface area (Å²) in [5.74, 6) is -1.62. The molecule has 0 spiro atoms. The van der Waals surface area contributed by atoms with Crippen LogP contribution in [0.15, 0.2) is 53.9 Å². The van der Waals surface area contributed by atoms with Gasteiger partial charge in [0.25, 0.3) is 0 Å². The monoisotopic (exact) mass is 404 g/mol. The molecule has 8 heteroatoms. The van der Waals surface area contributed by atoms with Gasteiger partial charge >= 0.3 is 11.8 Å². The lowest BCUT2D eigenvalue weighted by Crippen LogP contribution is -2.34. The highest BCUT2D eigenvalue weighted by Gasteiger charge is 2.16. The highest BCUT2D eigenvalue weighted by molar-refractivity contribution is 7.16. The summed E-state index contributed by atoms with van der Waals surface area (Å²) in [6.45, 7) is 0.164. The number of hydrogen-bond donors (Lipinski definition) is 2. The van der Waals surface area contributed by atoms with E-state index in [0.717, 1.165) is 4.88 Å². The second-order valence-electron chi connectivity index (χ2n) is 5.19. The minimum absolute atomic E-state index is 0.0426. The third-order valence-corrected chi connectivity index (χ3v) is 5.66. The Labute approximate surface area is 162 Å². The van der Waals surface area contributed by atoms with Gasteiger partial charge < -0.3 is 10.6 Å². The topological polar surface area (TPSA) is 75.3 Å². The van der Waals surface area contributed by atoms with E-state index in [9.17, 15) is 14.4 Å². The molecule has 132 valence electrons. The Bertz CT molecular complexity index is 951. The SMILES string of the molecule is O=C(NCc1ccc(C(=O)c2cccs2)s1)C(=O)Nc1ccccc1Cl. The Hall–Kier alpha value is -2.48. The number of benzene rings is 1. The summed E-state index contributed by atoms with van der Waals surface area (Å²) in [5, 5.41) is 7.19. The van der Waals surface area contributed by atoms with Crippen molar-refractivity contribution in [3.63, 3.8) is 0 Å². The second kappa shape index (κ2) is 8.27. The number of halogens is 1. The standard InChI is InChI=1S/C18H13ClN2O3S2/c19-12-4-1-2-5-13(12)21-18(24)17(23)20-10-11-7-8-15(26-11)16(22)14-6-3-9-25-14/h1-9H,10H2,(H,20,23)(H,21,24). The normalized spacial score (nSPS) is 10.3. The average molecular weight is 405 g/mol. The first-order valence-corrected chi connectivity index (χ1v) is 9.62. The fourth-order valence-electron chi connectivity index (χ4n) is 2.11. The van der Waals surface area contributed by atoms with E-state index >= 15 is 0 Å². The molecule has 0 aliphatic rings. The van der Waals surface area contributed by atoms with Crippen molar-refractivity contribution in [2.75, 3.05) is 5.32 Å². The molecule has 0 unspecified atom stereocenters. The molecule has 2 amide bonds. The number of nitrogens with one attached hydrogen (secondary N) is 2. The molecule has 0 aliphatic heterocycles. The van der Waals surface area contributed by atoms with Crippen molar-refractivity contribution in [3.8, 4) is 0 Å². The van der Waals surface area contributed by atoms with Gasteiger partial charge in [0.05, 0.1) is 27.0 Å². The molecular formula is C18H13ClN2O3S2. The lowest BCUT2D eigenvalue weighted by atomic mass is 10.3. The van der Waals surface area contributed by atoms with Crippen molar-refractivity contribution in [2.45, 2.75) is 6.54 Å². The minimum atomic E-state index is -0.801. The summed E-state index contributed by atoms with van der Waals surface area (Å²) in [6.07, 6.45) is 0. The molecule has 26 heavy (non-hydrogen) atoms. The Morgan fingerprint density at radius 1 is 0.923 bits per heavy atom. The maximum Gasteiger partial charge on any atom is 0.313 e. The number of carbonyl (C=O) groups is 3. The Kier molecular flexibility index (Phi) is 5.82. The zero-order valence-corrected chi connectivity index (χ0v) is 15.7. The first-order valence-electron chi connectivity index (χ1n) is 7.55. The number of para-hydroxylation sites is 1. The zero-order chi connectivity index (χ0) is 18.5. The molecule has 0 aliphatic carbocycles. The van der Waals surface area contributed by atoms with E-state index in [1.165, 1.54) is 22.7 Å². The van der Waals surface area contributed by atoms with Crippen LogP contribution in [0.5, 0.6) is 0 Å². The Morgan fingerprint density at radius 2 is 1.73 bits per heavy atom. The first-order chi connectivity index (χ1) is 12.5. The van der Waals surface area contributed by atoms with Crippen LogP contribution in [-0.2, 0) is 16.1 Å². The molecule has 0 atom stereocenters. The molecule has 0 saturated carbocycles. The summed E-state index contributed by atoms with van der Waals surface area (Å²) in [7, 11) is 0. The van der Waals surface area contributed by atoms with Crippen molar-refractivity contribution >= 4 is 57.6 Å². The van der Waals surface area contributed by atoms with Gasteiger partial charge in [-0.2, -0.15) is 0 Å². The van der Waals surface area contributed by atoms with Gasteiger partial charge in [-0.1, -0.05) is 29.8 Å². The predicted molar refractivity (Wildman–Crippen MR) is 104 cm³/mol. The quantitative estimate of drug-likeness (QED) is 0.499. The van der Waals surface area contributed by atoms with Crippen LogP contribution in [0.2, 0.25) is 5.02 Å². The maximum atomic E-state index is 12.3. The molecule has 2 N–H and O–H groups in total. The Morgan fingerprint density at radius 3 is 2.46 bits per heavy atom. The summed E-state index contributed by atoms with van der Waals surface area (Å²) in [5.41, 5.74) is 0.370. The van der Waals surface area contributed by atoms with E-state index in [2.05, 4.69) is 10.6 Å². The van der Waals surface area contributed by atoms with Crippen LogP contribution in [0.25, 0.3) is 0 Å². The third kappa shape index (κ3) is 4.37. The molecular weight excluding hydrogens is 392 g/mol. The fourth-order valence-corrected chi connectivity index (χ4v) is 3.94. The van der Waals surface area contributed by atoms with Crippen LogP contribution >= 0.6 is 34.3 Å². The van der Waals surface area contributed by atoms with Gasteiger partial charge in [-0.3, -0.25) is 14.4 Å². The first kappa shape index (κ1) is 18.3. The zero-order valence-electron chi connectivity index (χ0n) is 13.3.